The summed E-state index contributed by atoms with van der Waals surface area (Å²) < 4.78 is 39.5. The molecule has 8 heteroatoms. The third kappa shape index (κ3) is 3.08. The summed E-state index contributed by atoms with van der Waals surface area (Å²) in [5, 5.41) is 3.85. The number of rotatable bonds is 6. The van der Waals surface area contributed by atoms with Gasteiger partial charge in [-0.3, -0.25) is 0 Å². The first-order valence-electron chi connectivity index (χ1n) is 7.34. The molecule has 2 aromatic heterocycles. The molecule has 3 heterocycles. The summed E-state index contributed by atoms with van der Waals surface area (Å²) >= 11 is 0. The van der Waals surface area contributed by atoms with Crippen molar-refractivity contribution in [1.29, 1.82) is 0 Å². The van der Waals surface area contributed by atoms with Gasteiger partial charge in [0.25, 0.3) is 10.2 Å². The van der Waals surface area contributed by atoms with E-state index in [-0.39, 0.29) is 12.6 Å². The van der Waals surface area contributed by atoms with Crippen molar-refractivity contribution in [2.75, 3.05) is 6.54 Å². The molecular formula is C14H19N3O4S. The number of furan rings is 1. The Morgan fingerprint density at radius 2 is 2.36 bits per heavy atom. The third-order valence-corrected chi connectivity index (χ3v) is 5.35. The lowest BCUT2D eigenvalue weighted by molar-refractivity contribution is 0.332. The zero-order valence-electron chi connectivity index (χ0n) is 12.4. The van der Waals surface area contributed by atoms with Crippen LogP contribution in [0.3, 0.4) is 0 Å². The Balaban J connectivity index is 1.69. The second kappa shape index (κ2) is 6.23. The summed E-state index contributed by atoms with van der Waals surface area (Å²) in [5.74, 6) is 1.19. The van der Waals surface area contributed by atoms with Crippen LogP contribution in [-0.4, -0.2) is 24.4 Å². The monoisotopic (exact) mass is 325 g/mol. The van der Waals surface area contributed by atoms with Gasteiger partial charge in [0.15, 0.2) is 5.76 Å². The van der Waals surface area contributed by atoms with E-state index in [1.54, 1.807) is 18.4 Å². The summed E-state index contributed by atoms with van der Waals surface area (Å²) in [6.45, 7) is 2.54. The molecule has 0 amide bonds. The summed E-state index contributed by atoms with van der Waals surface area (Å²) in [6.07, 6.45) is 3.89. The van der Waals surface area contributed by atoms with E-state index in [4.69, 9.17) is 8.94 Å². The maximum absolute atomic E-state index is 12.5. The lowest BCUT2D eigenvalue weighted by Gasteiger charge is -2.22. The number of nitrogens with one attached hydrogen (secondary N) is 1. The summed E-state index contributed by atoms with van der Waals surface area (Å²) in [7, 11) is -3.60. The second-order valence-electron chi connectivity index (χ2n) is 5.25. The Kier molecular flexibility index (Phi) is 4.32. The highest BCUT2D eigenvalue weighted by Gasteiger charge is 2.36. The van der Waals surface area contributed by atoms with E-state index in [9.17, 15) is 8.42 Å². The summed E-state index contributed by atoms with van der Waals surface area (Å²) in [5.41, 5.74) is 0.809. The Hall–Kier alpha value is -1.64. The first-order chi connectivity index (χ1) is 10.6. The first-order valence-corrected chi connectivity index (χ1v) is 8.78. The van der Waals surface area contributed by atoms with Gasteiger partial charge in [0.1, 0.15) is 5.76 Å². The Labute approximate surface area is 129 Å². The summed E-state index contributed by atoms with van der Waals surface area (Å²) in [4.78, 5) is 0. The summed E-state index contributed by atoms with van der Waals surface area (Å²) in [6, 6.07) is 5.10. The van der Waals surface area contributed by atoms with Crippen molar-refractivity contribution in [3.8, 4) is 0 Å². The van der Waals surface area contributed by atoms with E-state index in [0.717, 1.165) is 25.0 Å². The molecular weight excluding hydrogens is 306 g/mol. The van der Waals surface area contributed by atoms with Gasteiger partial charge in [-0.15, -0.1) is 0 Å². The molecule has 1 aliphatic heterocycles. The van der Waals surface area contributed by atoms with Crippen molar-refractivity contribution in [2.24, 2.45) is 0 Å². The maximum atomic E-state index is 12.5. The van der Waals surface area contributed by atoms with Crippen molar-refractivity contribution in [3.63, 3.8) is 0 Å². The van der Waals surface area contributed by atoms with Crippen LogP contribution in [-0.2, 0) is 23.2 Å². The molecule has 1 atom stereocenters. The van der Waals surface area contributed by atoms with Gasteiger partial charge in [-0.25, -0.2) is 0 Å². The molecule has 1 unspecified atom stereocenters. The van der Waals surface area contributed by atoms with E-state index in [2.05, 4.69) is 9.88 Å². The minimum Gasteiger partial charge on any atom is -0.468 e. The van der Waals surface area contributed by atoms with Crippen LogP contribution >= 0.6 is 0 Å². The fourth-order valence-corrected chi connectivity index (χ4v) is 4.05. The van der Waals surface area contributed by atoms with E-state index < -0.39 is 10.2 Å². The van der Waals surface area contributed by atoms with Crippen LogP contribution in [0.1, 0.15) is 43.0 Å². The molecule has 22 heavy (non-hydrogen) atoms. The fraction of sp³-hybridized carbons (Fsp3) is 0.500. The van der Waals surface area contributed by atoms with Gasteiger partial charge >= 0.3 is 0 Å². The minimum absolute atomic E-state index is 0.0940. The zero-order chi connectivity index (χ0) is 15.6. The second-order valence-corrected chi connectivity index (χ2v) is 6.96. The van der Waals surface area contributed by atoms with Crippen molar-refractivity contribution in [1.82, 2.24) is 14.2 Å². The van der Waals surface area contributed by atoms with Crippen molar-refractivity contribution >= 4 is 10.2 Å². The van der Waals surface area contributed by atoms with Gasteiger partial charge in [0.2, 0.25) is 0 Å². The quantitative estimate of drug-likeness (QED) is 0.877. The molecule has 0 bridgehead atoms. The molecule has 1 saturated heterocycles. The van der Waals surface area contributed by atoms with Gasteiger partial charge in [0.05, 0.1) is 24.5 Å². The lowest BCUT2D eigenvalue weighted by Crippen LogP contribution is -2.39. The molecule has 120 valence electrons. The lowest BCUT2D eigenvalue weighted by atomic mass is 10.2. The molecule has 1 fully saturated rings. The fourth-order valence-electron chi connectivity index (χ4n) is 2.64. The molecule has 0 aromatic carbocycles. The number of aryl methyl sites for hydroxylation is 1. The molecule has 3 rings (SSSR count). The van der Waals surface area contributed by atoms with Crippen molar-refractivity contribution in [3.05, 3.63) is 41.7 Å². The molecule has 0 spiro atoms. The molecule has 1 aliphatic rings. The Morgan fingerprint density at radius 1 is 1.50 bits per heavy atom. The highest BCUT2D eigenvalue weighted by Crippen LogP contribution is 2.33. The number of nitrogens with zero attached hydrogens (tertiary/aromatic N) is 2. The van der Waals surface area contributed by atoms with Crippen LogP contribution in [0.2, 0.25) is 0 Å². The van der Waals surface area contributed by atoms with Crippen LogP contribution < -0.4 is 4.72 Å². The number of hydrogen-bond donors (Lipinski definition) is 1. The topological polar surface area (TPSA) is 88.6 Å². The molecule has 0 aliphatic carbocycles. The van der Waals surface area contributed by atoms with E-state index >= 15 is 0 Å². The first kappa shape index (κ1) is 15.3. The normalized spacial score (nSPS) is 19.8. The van der Waals surface area contributed by atoms with E-state index in [0.29, 0.717) is 18.1 Å². The SMILES string of the molecule is CCc1cc(CNS(=O)(=O)N2CCCC2c2ccco2)on1. The zero-order valence-corrected chi connectivity index (χ0v) is 13.2. The predicted molar refractivity (Wildman–Crippen MR) is 79.0 cm³/mol. The number of hydrogen-bond acceptors (Lipinski definition) is 5. The molecule has 2 aromatic rings. The van der Waals surface area contributed by atoms with Crippen LogP contribution in [0.5, 0.6) is 0 Å². The van der Waals surface area contributed by atoms with Gasteiger partial charge in [-0.1, -0.05) is 12.1 Å². The van der Waals surface area contributed by atoms with Crippen molar-refractivity contribution in [2.45, 2.75) is 38.8 Å². The Bertz CT molecular complexity index is 708. The molecule has 7 nitrogen and oxygen atoms in total. The molecule has 0 radical (unpaired) electrons. The molecule has 1 N–H and O–H groups in total. The smallest absolute Gasteiger partial charge is 0.280 e. The van der Waals surface area contributed by atoms with Crippen molar-refractivity contribution < 1.29 is 17.4 Å². The highest BCUT2D eigenvalue weighted by atomic mass is 32.2. The van der Waals surface area contributed by atoms with E-state index in [1.165, 1.54) is 4.31 Å². The van der Waals surface area contributed by atoms with Crippen LogP contribution in [0.15, 0.2) is 33.4 Å². The van der Waals surface area contributed by atoms with Crippen LogP contribution in [0.25, 0.3) is 0 Å². The standard InChI is InChI=1S/C14H19N3O4S/c1-2-11-9-12(21-16-11)10-15-22(18,19)17-7-3-5-13(17)14-6-4-8-20-14/h4,6,8-9,13,15H,2-3,5,7,10H2,1H3. The van der Waals surface area contributed by atoms with Gasteiger partial charge in [0, 0.05) is 12.6 Å². The van der Waals surface area contributed by atoms with Gasteiger partial charge < -0.3 is 8.94 Å². The highest BCUT2D eigenvalue weighted by molar-refractivity contribution is 7.87. The minimum atomic E-state index is -3.60. The maximum Gasteiger partial charge on any atom is 0.280 e. The average molecular weight is 325 g/mol. The molecule has 0 saturated carbocycles. The van der Waals surface area contributed by atoms with E-state index in [1.807, 2.05) is 13.0 Å². The van der Waals surface area contributed by atoms with Crippen LogP contribution in [0, 0.1) is 0 Å². The number of aromatic nitrogens is 1. The Morgan fingerprint density at radius 3 is 3.05 bits per heavy atom. The third-order valence-electron chi connectivity index (χ3n) is 3.78. The van der Waals surface area contributed by atoms with Crippen LogP contribution in [0.4, 0.5) is 0 Å². The average Bonchev–Trinajstić information content (AvgIpc) is 3.23. The predicted octanol–water partition coefficient (Wildman–Crippen LogP) is 2.00. The largest absolute Gasteiger partial charge is 0.468 e. The van der Waals surface area contributed by atoms with Gasteiger partial charge in [-0.2, -0.15) is 17.4 Å². The van der Waals surface area contributed by atoms with Gasteiger partial charge in [-0.05, 0) is 31.4 Å².